The molecule has 1 aromatic rings. The summed E-state index contributed by atoms with van der Waals surface area (Å²) in [4.78, 5) is 0. The van der Waals surface area contributed by atoms with E-state index >= 15 is 0 Å². The second kappa shape index (κ2) is 2.82. The van der Waals surface area contributed by atoms with Gasteiger partial charge in [0.2, 0.25) is 0 Å². The third-order valence-electron chi connectivity index (χ3n) is 0.906. The van der Waals surface area contributed by atoms with Crippen molar-refractivity contribution in [3.8, 4) is 5.75 Å². The first-order valence-corrected chi connectivity index (χ1v) is 2.80. The Morgan fingerprint density at radius 1 is 1.27 bits per heavy atom. The molecule has 0 aliphatic carbocycles. The van der Waals surface area contributed by atoms with Crippen LogP contribution in [0.5, 0.6) is 5.75 Å². The number of alkyl halides is 3. The van der Waals surface area contributed by atoms with Gasteiger partial charge in [0.05, 0.1) is 1.37 Å². The SMILES string of the molecule is [2H]c1ccccc1OC(F)(F)F. The van der Waals surface area contributed by atoms with Gasteiger partial charge in [-0.1, -0.05) is 18.2 Å². The number of para-hydroxylation sites is 1. The highest BCUT2D eigenvalue weighted by Gasteiger charge is 2.30. The Labute approximate surface area is 62.8 Å². The predicted octanol–water partition coefficient (Wildman–Crippen LogP) is 2.59. The number of benzene rings is 1. The Morgan fingerprint density at radius 2 is 2.00 bits per heavy atom. The minimum atomic E-state index is -4.73. The lowest BCUT2D eigenvalue weighted by Gasteiger charge is -2.07. The molecule has 0 saturated heterocycles. The van der Waals surface area contributed by atoms with E-state index in [-0.39, 0.29) is 6.04 Å². The van der Waals surface area contributed by atoms with Crippen LogP contribution in [0.25, 0.3) is 0 Å². The molecule has 0 fully saturated rings. The number of rotatable bonds is 1. The molecule has 60 valence electrons. The molecule has 0 saturated carbocycles. The second-order valence-corrected chi connectivity index (χ2v) is 1.77. The van der Waals surface area contributed by atoms with Crippen LogP contribution in [0.1, 0.15) is 1.37 Å². The van der Waals surface area contributed by atoms with Crippen LogP contribution >= 0.6 is 0 Å². The Bertz CT molecular complexity index is 272. The summed E-state index contributed by atoms with van der Waals surface area (Å²) in [7, 11) is 0. The van der Waals surface area contributed by atoms with Crippen molar-refractivity contribution < 1.29 is 19.3 Å². The van der Waals surface area contributed by atoms with E-state index in [0.717, 1.165) is 6.07 Å². The van der Waals surface area contributed by atoms with Crippen molar-refractivity contribution in [1.82, 2.24) is 0 Å². The first kappa shape index (κ1) is 6.52. The summed E-state index contributed by atoms with van der Waals surface area (Å²) in [5, 5.41) is 0. The lowest BCUT2D eigenvalue weighted by molar-refractivity contribution is -0.274. The lowest BCUT2D eigenvalue weighted by atomic mass is 10.3. The van der Waals surface area contributed by atoms with Gasteiger partial charge in [-0.3, -0.25) is 0 Å². The zero-order valence-corrected chi connectivity index (χ0v) is 5.35. The fourth-order valence-electron chi connectivity index (χ4n) is 0.565. The molecule has 0 unspecified atom stereocenters. The normalized spacial score (nSPS) is 12.5. The third kappa shape index (κ3) is 2.93. The Hall–Kier alpha value is -1.19. The van der Waals surface area contributed by atoms with E-state index in [4.69, 9.17) is 1.37 Å². The van der Waals surface area contributed by atoms with Gasteiger partial charge < -0.3 is 4.74 Å². The smallest absolute Gasteiger partial charge is 0.406 e. The number of ether oxygens (including phenoxy) is 1. The zero-order valence-electron chi connectivity index (χ0n) is 6.35. The molecule has 0 aliphatic rings. The van der Waals surface area contributed by atoms with Crippen LogP contribution in [0.15, 0.2) is 30.3 Å². The van der Waals surface area contributed by atoms with E-state index in [1.807, 2.05) is 0 Å². The summed E-state index contributed by atoms with van der Waals surface area (Å²) in [6.07, 6.45) is -4.73. The minimum absolute atomic E-state index is 0.283. The summed E-state index contributed by atoms with van der Waals surface area (Å²) in [5.74, 6) is -0.481. The summed E-state index contributed by atoms with van der Waals surface area (Å²) >= 11 is 0. The molecule has 0 heterocycles. The monoisotopic (exact) mass is 163 g/mol. The van der Waals surface area contributed by atoms with E-state index < -0.39 is 12.1 Å². The van der Waals surface area contributed by atoms with Gasteiger partial charge in [-0.05, 0) is 12.1 Å². The second-order valence-electron chi connectivity index (χ2n) is 1.77. The van der Waals surface area contributed by atoms with Crippen molar-refractivity contribution in [2.75, 3.05) is 0 Å². The van der Waals surface area contributed by atoms with Crippen LogP contribution < -0.4 is 4.74 Å². The number of halogens is 3. The molecule has 0 radical (unpaired) electrons. The molecule has 0 aromatic heterocycles. The predicted molar refractivity (Wildman–Crippen MR) is 33.1 cm³/mol. The molecule has 0 spiro atoms. The maximum Gasteiger partial charge on any atom is 0.573 e. The molecule has 4 heteroatoms. The van der Waals surface area contributed by atoms with Gasteiger partial charge in [0.15, 0.2) is 0 Å². The van der Waals surface area contributed by atoms with E-state index in [1.54, 1.807) is 0 Å². The van der Waals surface area contributed by atoms with Crippen LogP contribution in [-0.2, 0) is 0 Å². The fraction of sp³-hybridized carbons (Fsp3) is 0.143. The van der Waals surface area contributed by atoms with Crippen LogP contribution in [-0.4, -0.2) is 6.36 Å². The lowest BCUT2D eigenvalue weighted by Crippen LogP contribution is -2.16. The highest BCUT2D eigenvalue weighted by molar-refractivity contribution is 5.20. The topological polar surface area (TPSA) is 9.23 Å². The molecule has 0 amide bonds. The fourth-order valence-corrected chi connectivity index (χ4v) is 0.565. The molecule has 1 aromatic carbocycles. The number of hydrogen-bond donors (Lipinski definition) is 0. The van der Waals surface area contributed by atoms with E-state index in [1.165, 1.54) is 18.2 Å². The quantitative estimate of drug-likeness (QED) is 0.618. The van der Waals surface area contributed by atoms with Gasteiger partial charge in [-0.25, -0.2) is 0 Å². The van der Waals surface area contributed by atoms with Crippen LogP contribution in [0.4, 0.5) is 13.2 Å². The molecule has 0 atom stereocenters. The Morgan fingerprint density at radius 3 is 2.55 bits per heavy atom. The Kier molecular flexibility index (Phi) is 1.67. The van der Waals surface area contributed by atoms with Crippen molar-refractivity contribution in [3.63, 3.8) is 0 Å². The van der Waals surface area contributed by atoms with Gasteiger partial charge >= 0.3 is 6.36 Å². The summed E-state index contributed by atoms with van der Waals surface area (Å²) < 4.78 is 45.4. The standard InChI is InChI=1S/C7H5F3O/c8-7(9,10)11-6-4-2-1-3-5-6/h1-5H/i4D. The van der Waals surface area contributed by atoms with Gasteiger partial charge in [0, 0.05) is 0 Å². The zero-order chi connectivity index (χ0) is 9.19. The molecule has 1 rings (SSSR count). The average molecular weight is 163 g/mol. The largest absolute Gasteiger partial charge is 0.573 e. The first-order valence-electron chi connectivity index (χ1n) is 3.30. The molecule has 1 nitrogen and oxygen atoms in total. The maximum atomic E-state index is 11.6. The van der Waals surface area contributed by atoms with E-state index in [0.29, 0.717) is 0 Å². The van der Waals surface area contributed by atoms with Gasteiger partial charge in [-0.2, -0.15) is 0 Å². The van der Waals surface area contributed by atoms with Crippen molar-refractivity contribution in [2.45, 2.75) is 6.36 Å². The maximum absolute atomic E-state index is 11.6. The molecule has 0 N–H and O–H groups in total. The van der Waals surface area contributed by atoms with Crippen LogP contribution in [0.3, 0.4) is 0 Å². The van der Waals surface area contributed by atoms with E-state index in [2.05, 4.69) is 4.74 Å². The van der Waals surface area contributed by atoms with Crippen LogP contribution in [0, 0.1) is 0 Å². The molecular weight excluding hydrogens is 157 g/mol. The third-order valence-corrected chi connectivity index (χ3v) is 0.906. The van der Waals surface area contributed by atoms with Gasteiger partial charge in [-0.15, -0.1) is 13.2 Å². The summed E-state index contributed by atoms with van der Waals surface area (Å²) in [6.45, 7) is 0. The van der Waals surface area contributed by atoms with Gasteiger partial charge in [0.25, 0.3) is 0 Å². The van der Waals surface area contributed by atoms with Crippen molar-refractivity contribution in [2.24, 2.45) is 0 Å². The van der Waals surface area contributed by atoms with Crippen molar-refractivity contribution >= 4 is 0 Å². The van der Waals surface area contributed by atoms with Gasteiger partial charge in [0.1, 0.15) is 5.75 Å². The highest BCUT2D eigenvalue weighted by Crippen LogP contribution is 2.21. The highest BCUT2D eigenvalue weighted by atomic mass is 19.4. The molecule has 0 aliphatic heterocycles. The molecule has 11 heavy (non-hydrogen) atoms. The Balaban J connectivity index is 2.83. The van der Waals surface area contributed by atoms with E-state index in [9.17, 15) is 13.2 Å². The van der Waals surface area contributed by atoms with Crippen molar-refractivity contribution in [1.29, 1.82) is 0 Å². The van der Waals surface area contributed by atoms with Crippen LogP contribution in [0.2, 0.25) is 0 Å². The summed E-state index contributed by atoms with van der Waals surface area (Å²) in [5.41, 5.74) is 0. The van der Waals surface area contributed by atoms with Crippen molar-refractivity contribution in [3.05, 3.63) is 30.3 Å². The molecule has 0 bridgehead atoms. The first-order chi connectivity index (χ1) is 5.49. The summed E-state index contributed by atoms with van der Waals surface area (Å²) in [6, 6.07) is 4.87. The average Bonchev–Trinajstić information content (AvgIpc) is 1.91. The minimum Gasteiger partial charge on any atom is -0.406 e. The molecular formula is C7H5F3O. The number of hydrogen-bond acceptors (Lipinski definition) is 1.